The maximum absolute atomic E-state index is 12.6. The lowest BCUT2D eigenvalue weighted by Gasteiger charge is -2.22. The van der Waals surface area contributed by atoms with Crippen LogP contribution < -0.4 is 24.5 Å². The van der Waals surface area contributed by atoms with Crippen molar-refractivity contribution in [1.29, 1.82) is 0 Å². The number of rotatable bonds is 12. The first-order valence-electron chi connectivity index (χ1n) is 13.2. The second-order valence-corrected chi connectivity index (χ2v) is 11.5. The third-order valence-electron chi connectivity index (χ3n) is 6.27. The standard InChI is InChI=1S/C32H32N4O6S/c1-23-4-6-25(7-5-23)21-36(43(3,39)40)28-14-10-26(11-15-28)32(38)35-33-20-24-8-16-30(17-9-24)42-22-31(37)34-27-12-18-29(41-2)19-13-27/h4-20H,21-22H2,1-3H3,(H,34,37)(H,35,38)/b33-20-. The molecule has 0 atom stereocenters. The Labute approximate surface area is 251 Å². The summed E-state index contributed by atoms with van der Waals surface area (Å²) in [5.74, 6) is 0.438. The number of nitrogens with zero attached hydrogens (tertiary/aromatic N) is 2. The van der Waals surface area contributed by atoms with Crippen molar-refractivity contribution in [3.05, 3.63) is 119 Å². The molecule has 0 aromatic heterocycles. The number of aryl methyl sites for hydroxylation is 1. The summed E-state index contributed by atoms with van der Waals surface area (Å²) in [7, 11) is -1.98. The highest BCUT2D eigenvalue weighted by molar-refractivity contribution is 7.92. The van der Waals surface area contributed by atoms with Gasteiger partial charge in [0.05, 0.1) is 31.8 Å². The van der Waals surface area contributed by atoms with Crippen molar-refractivity contribution in [2.45, 2.75) is 13.5 Å². The molecule has 43 heavy (non-hydrogen) atoms. The fraction of sp³-hybridized carbons (Fsp3) is 0.156. The summed E-state index contributed by atoms with van der Waals surface area (Å²) in [5, 5.41) is 6.74. The Morgan fingerprint density at radius 1 is 0.860 bits per heavy atom. The van der Waals surface area contributed by atoms with Gasteiger partial charge >= 0.3 is 0 Å². The summed E-state index contributed by atoms with van der Waals surface area (Å²) in [6.45, 7) is 1.98. The minimum Gasteiger partial charge on any atom is -0.497 e. The molecule has 11 heteroatoms. The zero-order valence-corrected chi connectivity index (χ0v) is 24.8. The van der Waals surface area contributed by atoms with Crippen LogP contribution in [-0.4, -0.2) is 46.4 Å². The summed E-state index contributed by atoms with van der Waals surface area (Å²) in [6.07, 6.45) is 2.62. The summed E-state index contributed by atoms with van der Waals surface area (Å²) in [5.41, 5.74) is 6.50. The van der Waals surface area contributed by atoms with Crippen molar-refractivity contribution in [2.24, 2.45) is 5.10 Å². The molecule has 4 aromatic carbocycles. The number of anilines is 2. The molecule has 2 amide bonds. The topological polar surface area (TPSA) is 126 Å². The Balaban J connectivity index is 1.27. The molecule has 0 spiro atoms. The van der Waals surface area contributed by atoms with Crippen LogP contribution in [0.15, 0.2) is 102 Å². The fourth-order valence-corrected chi connectivity index (χ4v) is 4.83. The highest BCUT2D eigenvalue weighted by atomic mass is 32.2. The van der Waals surface area contributed by atoms with E-state index in [2.05, 4.69) is 15.8 Å². The van der Waals surface area contributed by atoms with E-state index < -0.39 is 15.9 Å². The van der Waals surface area contributed by atoms with Gasteiger partial charge < -0.3 is 14.8 Å². The van der Waals surface area contributed by atoms with Gasteiger partial charge in [-0.1, -0.05) is 29.8 Å². The summed E-state index contributed by atoms with van der Waals surface area (Å²) < 4.78 is 36.9. The zero-order valence-electron chi connectivity index (χ0n) is 24.0. The van der Waals surface area contributed by atoms with Crippen molar-refractivity contribution >= 4 is 39.4 Å². The van der Waals surface area contributed by atoms with Crippen molar-refractivity contribution in [3.8, 4) is 11.5 Å². The number of methoxy groups -OCH3 is 1. The molecular weight excluding hydrogens is 568 g/mol. The van der Waals surface area contributed by atoms with E-state index in [0.29, 0.717) is 34.0 Å². The lowest BCUT2D eigenvalue weighted by Crippen LogP contribution is -2.29. The number of sulfonamides is 1. The molecule has 4 aromatic rings. The van der Waals surface area contributed by atoms with Crippen LogP contribution in [0.5, 0.6) is 11.5 Å². The smallest absolute Gasteiger partial charge is 0.271 e. The lowest BCUT2D eigenvalue weighted by molar-refractivity contribution is -0.118. The average molecular weight is 601 g/mol. The van der Waals surface area contributed by atoms with E-state index >= 15 is 0 Å². The van der Waals surface area contributed by atoms with Crippen LogP contribution in [0, 0.1) is 6.92 Å². The molecule has 0 radical (unpaired) electrons. The number of hydrazone groups is 1. The largest absolute Gasteiger partial charge is 0.497 e. The zero-order chi connectivity index (χ0) is 30.8. The number of ether oxygens (including phenoxy) is 2. The molecule has 0 aliphatic rings. The van der Waals surface area contributed by atoms with E-state index in [9.17, 15) is 18.0 Å². The fourth-order valence-electron chi connectivity index (χ4n) is 3.94. The first-order valence-corrected chi connectivity index (χ1v) is 15.1. The van der Waals surface area contributed by atoms with Crippen LogP contribution >= 0.6 is 0 Å². The Bertz CT molecular complexity index is 1670. The highest BCUT2D eigenvalue weighted by Crippen LogP contribution is 2.22. The van der Waals surface area contributed by atoms with E-state index in [0.717, 1.165) is 17.4 Å². The normalized spacial score (nSPS) is 11.1. The molecule has 0 saturated carbocycles. The Hall–Kier alpha value is -5.16. The van der Waals surface area contributed by atoms with Gasteiger partial charge in [-0.05, 0) is 90.8 Å². The van der Waals surface area contributed by atoms with Crippen LogP contribution in [0.2, 0.25) is 0 Å². The molecule has 0 bridgehead atoms. The van der Waals surface area contributed by atoms with Gasteiger partial charge in [0.15, 0.2) is 6.61 Å². The second-order valence-electron chi connectivity index (χ2n) is 9.64. The monoisotopic (exact) mass is 600 g/mol. The van der Waals surface area contributed by atoms with Crippen molar-refractivity contribution in [1.82, 2.24) is 5.43 Å². The van der Waals surface area contributed by atoms with Gasteiger partial charge in [-0.3, -0.25) is 13.9 Å². The molecule has 0 aliphatic heterocycles. The third kappa shape index (κ3) is 9.17. The van der Waals surface area contributed by atoms with Gasteiger partial charge in [0, 0.05) is 11.3 Å². The predicted octanol–water partition coefficient (Wildman–Crippen LogP) is 4.75. The van der Waals surface area contributed by atoms with Gasteiger partial charge in [0.1, 0.15) is 11.5 Å². The number of carbonyl (C=O) groups is 2. The first kappa shape index (κ1) is 30.8. The third-order valence-corrected chi connectivity index (χ3v) is 7.41. The van der Waals surface area contributed by atoms with Gasteiger partial charge in [0.25, 0.3) is 11.8 Å². The van der Waals surface area contributed by atoms with Gasteiger partial charge in [0.2, 0.25) is 10.0 Å². The van der Waals surface area contributed by atoms with Crippen molar-refractivity contribution in [3.63, 3.8) is 0 Å². The SMILES string of the molecule is COc1ccc(NC(=O)COc2ccc(/C=N\NC(=O)c3ccc(N(Cc4ccc(C)cc4)S(C)(=O)=O)cc3)cc2)cc1. The predicted molar refractivity (Wildman–Crippen MR) is 167 cm³/mol. The minimum absolute atomic E-state index is 0.164. The van der Waals surface area contributed by atoms with Crippen LogP contribution in [-0.2, 0) is 21.4 Å². The maximum atomic E-state index is 12.6. The highest BCUT2D eigenvalue weighted by Gasteiger charge is 2.18. The van der Waals surface area contributed by atoms with Gasteiger partial charge in [-0.2, -0.15) is 5.10 Å². The summed E-state index contributed by atoms with van der Waals surface area (Å²) in [4.78, 5) is 24.7. The van der Waals surface area contributed by atoms with Crippen LogP contribution in [0.3, 0.4) is 0 Å². The molecule has 0 saturated heterocycles. The van der Waals surface area contributed by atoms with Crippen molar-refractivity contribution in [2.75, 3.05) is 29.6 Å². The van der Waals surface area contributed by atoms with Gasteiger partial charge in [-0.25, -0.2) is 13.8 Å². The average Bonchev–Trinajstić information content (AvgIpc) is 3.00. The molecule has 0 aliphatic carbocycles. The number of carbonyl (C=O) groups excluding carboxylic acids is 2. The van der Waals surface area contributed by atoms with Gasteiger partial charge in [-0.15, -0.1) is 0 Å². The number of amides is 2. The Kier molecular flexibility index (Phi) is 10.1. The van der Waals surface area contributed by atoms with Crippen LogP contribution in [0.4, 0.5) is 11.4 Å². The van der Waals surface area contributed by atoms with Crippen molar-refractivity contribution < 1.29 is 27.5 Å². The molecule has 0 heterocycles. The molecule has 222 valence electrons. The molecule has 4 rings (SSSR count). The summed E-state index contributed by atoms with van der Waals surface area (Å²) in [6, 6.07) is 27.7. The minimum atomic E-state index is -3.55. The van der Waals surface area contributed by atoms with E-state index in [1.807, 2.05) is 31.2 Å². The molecule has 2 N–H and O–H groups in total. The number of nitrogens with one attached hydrogen (secondary N) is 2. The van der Waals surface area contributed by atoms with E-state index in [1.165, 1.54) is 10.5 Å². The second kappa shape index (κ2) is 14.1. The van der Waals surface area contributed by atoms with Crippen LogP contribution in [0.1, 0.15) is 27.0 Å². The molecule has 10 nitrogen and oxygen atoms in total. The number of benzene rings is 4. The number of hydrogen-bond donors (Lipinski definition) is 2. The van der Waals surface area contributed by atoms with Crippen LogP contribution in [0.25, 0.3) is 0 Å². The first-order chi connectivity index (χ1) is 20.6. The Morgan fingerprint density at radius 3 is 2.09 bits per heavy atom. The molecule has 0 unspecified atom stereocenters. The molecular formula is C32H32N4O6S. The lowest BCUT2D eigenvalue weighted by atomic mass is 10.1. The van der Waals surface area contributed by atoms with E-state index in [1.54, 1.807) is 79.9 Å². The summed E-state index contributed by atoms with van der Waals surface area (Å²) >= 11 is 0. The Morgan fingerprint density at radius 2 is 1.49 bits per heavy atom. The maximum Gasteiger partial charge on any atom is 0.271 e. The van der Waals surface area contributed by atoms with E-state index in [-0.39, 0.29) is 19.1 Å². The molecule has 0 fully saturated rings. The van der Waals surface area contributed by atoms with E-state index in [4.69, 9.17) is 9.47 Å². The quantitative estimate of drug-likeness (QED) is 0.179. The number of hydrogen-bond acceptors (Lipinski definition) is 7.